The second-order valence-corrected chi connectivity index (χ2v) is 4.12. The van der Waals surface area contributed by atoms with E-state index in [1.165, 1.54) is 0 Å². The molecule has 1 heterocycles. The number of nitrogens with zero attached hydrogens (tertiary/aromatic N) is 2. The van der Waals surface area contributed by atoms with Gasteiger partial charge in [0.05, 0.1) is 5.69 Å². The van der Waals surface area contributed by atoms with Gasteiger partial charge in [-0.3, -0.25) is 4.79 Å². The number of aryl methyl sites for hydroxylation is 1. The van der Waals surface area contributed by atoms with Gasteiger partial charge in [-0.15, -0.1) is 5.10 Å². The van der Waals surface area contributed by atoms with Crippen LogP contribution in [0.25, 0.3) is 0 Å². The van der Waals surface area contributed by atoms with E-state index in [4.69, 9.17) is 0 Å². The Kier molecular flexibility index (Phi) is 3.80. The van der Waals surface area contributed by atoms with E-state index in [-0.39, 0.29) is 11.9 Å². The molecule has 0 spiro atoms. The first-order valence-corrected chi connectivity index (χ1v) is 5.70. The van der Waals surface area contributed by atoms with Crippen molar-refractivity contribution in [3.8, 4) is 0 Å². The van der Waals surface area contributed by atoms with Crippen molar-refractivity contribution < 1.29 is 4.79 Å². The lowest BCUT2D eigenvalue weighted by atomic mass is 10.3. The number of rotatable bonds is 3. The van der Waals surface area contributed by atoms with Crippen molar-refractivity contribution in [3.63, 3.8) is 0 Å². The molecule has 0 fully saturated rings. The Balaban J connectivity index is 2.64. The lowest BCUT2D eigenvalue weighted by Crippen LogP contribution is -2.33. The molecule has 1 rings (SSSR count). The minimum atomic E-state index is -0.0977. The Labute approximate surface area is 89.0 Å². The summed E-state index contributed by atoms with van der Waals surface area (Å²) in [6.45, 7) is 3.70. The Morgan fingerprint density at radius 1 is 1.77 bits per heavy atom. The number of nitrogens with one attached hydrogen (secondary N) is 1. The van der Waals surface area contributed by atoms with E-state index in [2.05, 4.69) is 30.8 Å². The van der Waals surface area contributed by atoms with Crippen molar-refractivity contribution in [2.45, 2.75) is 19.9 Å². The molecular formula is C7H10BrN3OS. The molecule has 1 amide bonds. The molecule has 0 radical (unpaired) electrons. The van der Waals surface area contributed by atoms with Gasteiger partial charge in [0.1, 0.15) is 4.88 Å². The molecule has 13 heavy (non-hydrogen) atoms. The van der Waals surface area contributed by atoms with Crippen LogP contribution in [0.15, 0.2) is 0 Å². The Hall–Kier alpha value is -0.490. The summed E-state index contributed by atoms with van der Waals surface area (Å²) in [6.07, 6.45) is 0. The molecule has 0 aliphatic rings. The number of aromatic nitrogens is 2. The van der Waals surface area contributed by atoms with Crippen LogP contribution in [0.3, 0.4) is 0 Å². The molecule has 4 nitrogen and oxygen atoms in total. The Bertz CT molecular complexity index is 302. The van der Waals surface area contributed by atoms with Crippen LogP contribution in [0.5, 0.6) is 0 Å². The predicted octanol–water partition coefficient (Wildman–Crippen LogP) is 1.36. The molecule has 1 atom stereocenters. The quantitative estimate of drug-likeness (QED) is 0.839. The summed E-state index contributed by atoms with van der Waals surface area (Å²) in [5, 5.41) is 7.32. The summed E-state index contributed by atoms with van der Waals surface area (Å²) in [4.78, 5) is 12.1. The number of amides is 1. The molecule has 72 valence electrons. The fourth-order valence-electron chi connectivity index (χ4n) is 0.768. The van der Waals surface area contributed by atoms with E-state index in [1.807, 2.05) is 6.92 Å². The van der Waals surface area contributed by atoms with Crippen molar-refractivity contribution in [1.82, 2.24) is 14.9 Å². The second kappa shape index (κ2) is 4.66. The van der Waals surface area contributed by atoms with Crippen LogP contribution in [-0.4, -0.2) is 26.9 Å². The molecule has 1 unspecified atom stereocenters. The molecule has 0 saturated heterocycles. The molecule has 0 aromatic carbocycles. The molecule has 0 aliphatic heterocycles. The largest absolute Gasteiger partial charge is 0.348 e. The number of hydrogen-bond donors (Lipinski definition) is 1. The third-order valence-electron chi connectivity index (χ3n) is 1.47. The molecule has 6 heteroatoms. The summed E-state index contributed by atoms with van der Waals surface area (Å²) < 4.78 is 3.70. The summed E-state index contributed by atoms with van der Waals surface area (Å²) in [5.74, 6) is -0.0977. The van der Waals surface area contributed by atoms with Gasteiger partial charge in [-0.05, 0) is 25.4 Å². The van der Waals surface area contributed by atoms with E-state index in [9.17, 15) is 4.79 Å². The van der Waals surface area contributed by atoms with Gasteiger partial charge in [0.2, 0.25) is 0 Å². The predicted molar refractivity (Wildman–Crippen MR) is 55.4 cm³/mol. The monoisotopic (exact) mass is 263 g/mol. The number of carbonyl (C=O) groups is 1. The van der Waals surface area contributed by atoms with Crippen molar-refractivity contribution in [1.29, 1.82) is 0 Å². The fourth-order valence-corrected chi connectivity index (χ4v) is 1.49. The van der Waals surface area contributed by atoms with E-state index in [0.717, 1.165) is 16.9 Å². The van der Waals surface area contributed by atoms with Crippen molar-refractivity contribution >= 4 is 33.4 Å². The zero-order chi connectivity index (χ0) is 9.84. The Morgan fingerprint density at radius 2 is 2.46 bits per heavy atom. The van der Waals surface area contributed by atoms with Crippen LogP contribution in [0.1, 0.15) is 22.3 Å². The summed E-state index contributed by atoms with van der Waals surface area (Å²) in [5.41, 5.74) is 0.685. The standard InChI is InChI=1S/C7H10BrN3OS/c1-4(3-8)9-7(12)6-5(2)10-11-13-6/h4H,3H2,1-2H3,(H,9,12). The number of halogens is 1. The van der Waals surface area contributed by atoms with Gasteiger partial charge in [0.15, 0.2) is 0 Å². The molecule has 1 aromatic rings. The maximum atomic E-state index is 11.5. The van der Waals surface area contributed by atoms with Crippen LogP contribution in [-0.2, 0) is 0 Å². The summed E-state index contributed by atoms with van der Waals surface area (Å²) >= 11 is 4.40. The molecule has 0 aliphatic carbocycles. The van der Waals surface area contributed by atoms with Gasteiger partial charge < -0.3 is 5.32 Å². The van der Waals surface area contributed by atoms with Gasteiger partial charge >= 0.3 is 0 Å². The molecule has 1 N–H and O–H groups in total. The highest BCUT2D eigenvalue weighted by molar-refractivity contribution is 9.09. The first kappa shape index (κ1) is 10.6. The van der Waals surface area contributed by atoms with E-state index in [1.54, 1.807) is 6.92 Å². The van der Waals surface area contributed by atoms with Crippen molar-refractivity contribution in [2.75, 3.05) is 5.33 Å². The lowest BCUT2D eigenvalue weighted by Gasteiger charge is -2.08. The van der Waals surface area contributed by atoms with Crippen LogP contribution in [0.4, 0.5) is 0 Å². The highest BCUT2D eigenvalue weighted by atomic mass is 79.9. The SMILES string of the molecule is Cc1nnsc1C(=O)NC(C)CBr. The Morgan fingerprint density at radius 3 is 2.92 bits per heavy atom. The summed E-state index contributed by atoms with van der Waals surface area (Å²) in [7, 11) is 0. The molecule has 0 saturated carbocycles. The third kappa shape index (κ3) is 2.73. The van der Waals surface area contributed by atoms with Crippen LogP contribution in [0.2, 0.25) is 0 Å². The fraction of sp³-hybridized carbons (Fsp3) is 0.571. The maximum Gasteiger partial charge on any atom is 0.265 e. The zero-order valence-electron chi connectivity index (χ0n) is 7.37. The van der Waals surface area contributed by atoms with Crippen molar-refractivity contribution in [2.24, 2.45) is 0 Å². The van der Waals surface area contributed by atoms with Crippen molar-refractivity contribution in [3.05, 3.63) is 10.6 Å². The normalized spacial score (nSPS) is 12.5. The summed E-state index contributed by atoms with van der Waals surface area (Å²) in [6, 6.07) is 0.119. The van der Waals surface area contributed by atoms with E-state index >= 15 is 0 Å². The number of hydrogen-bond acceptors (Lipinski definition) is 4. The van der Waals surface area contributed by atoms with Gasteiger partial charge in [-0.2, -0.15) is 0 Å². The van der Waals surface area contributed by atoms with Gasteiger partial charge in [0, 0.05) is 11.4 Å². The minimum Gasteiger partial charge on any atom is -0.348 e. The first-order valence-electron chi connectivity index (χ1n) is 3.81. The molecule has 1 aromatic heterocycles. The van der Waals surface area contributed by atoms with E-state index in [0.29, 0.717) is 10.6 Å². The van der Waals surface area contributed by atoms with E-state index < -0.39 is 0 Å². The third-order valence-corrected chi connectivity index (χ3v) is 3.26. The van der Waals surface area contributed by atoms with Gasteiger partial charge in [-0.1, -0.05) is 20.4 Å². The van der Waals surface area contributed by atoms with Crippen LogP contribution < -0.4 is 5.32 Å². The lowest BCUT2D eigenvalue weighted by molar-refractivity contribution is 0.0947. The number of carbonyl (C=O) groups excluding carboxylic acids is 1. The average Bonchev–Trinajstić information content (AvgIpc) is 2.51. The molecule has 0 bridgehead atoms. The average molecular weight is 264 g/mol. The first-order chi connectivity index (χ1) is 6.15. The zero-order valence-corrected chi connectivity index (χ0v) is 9.78. The number of alkyl halides is 1. The highest BCUT2D eigenvalue weighted by Crippen LogP contribution is 2.08. The molecular weight excluding hydrogens is 254 g/mol. The van der Waals surface area contributed by atoms with Crippen LogP contribution >= 0.6 is 27.5 Å². The topological polar surface area (TPSA) is 54.9 Å². The second-order valence-electron chi connectivity index (χ2n) is 2.72. The maximum absolute atomic E-state index is 11.5. The smallest absolute Gasteiger partial charge is 0.265 e. The van der Waals surface area contributed by atoms with Gasteiger partial charge in [-0.25, -0.2) is 0 Å². The van der Waals surface area contributed by atoms with Gasteiger partial charge in [0.25, 0.3) is 5.91 Å². The minimum absolute atomic E-state index is 0.0977. The highest BCUT2D eigenvalue weighted by Gasteiger charge is 2.14. The van der Waals surface area contributed by atoms with Crippen LogP contribution in [0, 0.1) is 6.92 Å².